The summed E-state index contributed by atoms with van der Waals surface area (Å²) in [7, 11) is -3.54. The molecule has 0 aliphatic rings. The Bertz CT molecular complexity index is 747. The van der Waals surface area contributed by atoms with Crippen LogP contribution in [0.5, 0.6) is 0 Å². The molecule has 0 radical (unpaired) electrons. The highest BCUT2D eigenvalue weighted by Crippen LogP contribution is 2.19. The zero-order valence-electron chi connectivity index (χ0n) is 10.6. The van der Waals surface area contributed by atoms with Gasteiger partial charge in [0, 0.05) is 0 Å². The summed E-state index contributed by atoms with van der Waals surface area (Å²) in [4.78, 5) is 0. The molecular weight excluding hydrogens is 274 g/mol. The SMILES string of the molecule is N#Cc1ccc(CS(=O)(=O)Nc2ccccc2N)cc1. The first-order valence-corrected chi connectivity index (χ1v) is 7.49. The van der Waals surface area contributed by atoms with Gasteiger partial charge in [0.05, 0.1) is 28.8 Å². The van der Waals surface area contributed by atoms with E-state index in [-0.39, 0.29) is 5.75 Å². The Labute approximate surface area is 117 Å². The summed E-state index contributed by atoms with van der Waals surface area (Å²) in [6.07, 6.45) is 0. The average Bonchev–Trinajstić information content (AvgIpc) is 2.41. The molecule has 0 fully saturated rings. The lowest BCUT2D eigenvalue weighted by molar-refractivity contribution is 0.600. The summed E-state index contributed by atoms with van der Waals surface area (Å²) < 4.78 is 26.5. The number of nitrogens with one attached hydrogen (secondary N) is 1. The third-order valence-corrected chi connectivity index (χ3v) is 3.91. The van der Waals surface area contributed by atoms with Gasteiger partial charge in [0.25, 0.3) is 0 Å². The summed E-state index contributed by atoms with van der Waals surface area (Å²) in [5.74, 6) is -0.174. The molecule has 0 aromatic heterocycles. The standard InChI is InChI=1S/C14H13N3O2S/c15-9-11-5-7-12(8-6-11)10-20(18,19)17-14-4-2-1-3-13(14)16/h1-8,17H,10,16H2. The van der Waals surface area contributed by atoms with Crippen LogP contribution in [0.25, 0.3) is 0 Å². The Balaban J connectivity index is 2.15. The van der Waals surface area contributed by atoms with Crippen LogP contribution in [0.1, 0.15) is 11.1 Å². The molecule has 0 atom stereocenters. The van der Waals surface area contributed by atoms with E-state index < -0.39 is 10.0 Å². The van der Waals surface area contributed by atoms with Gasteiger partial charge in [-0.25, -0.2) is 8.42 Å². The van der Waals surface area contributed by atoms with Gasteiger partial charge in [0.15, 0.2) is 0 Å². The van der Waals surface area contributed by atoms with Crippen LogP contribution in [0.2, 0.25) is 0 Å². The van der Waals surface area contributed by atoms with Crippen LogP contribution in [0.4, 0.5) is 11.4 Å². The molecule has 2 rings (SSSR count). The summed E-state index contributed by atoms with van der Waals surface area (Å²) in [5, 5.41) is 8.69. The van der Waals surface area contributed by atoms with Crippen LogP contribution in [0.15, 0.2) is 48.5 Å². The molecule has 0 heterocycles. The van der Waals surface area contributed by atoms with E-state index >= 15 is 0 Å². The number of nitrogens with two attached hydrogens (primary N) is 1. The summed E-state index contributed by atoms with van der Waals surface area (Å²) in [6, 6.07) is 15.0. The van der Waals surface area contributed by atoms with Crippen LogP contribution in [0.3, 0.4) is 0 Å². The fraction of sp³-hybridized carbons (Fsp3) is 0.0714. The van der Waals surface area contributed by atoms with Crippen molar-refractivity contribution in [3.63, 3.8) is 0 Å². The Morgan fingerprint density at radius 1 is 1.10 bits per heavy atom. The molecule has 6 heteroatoms. The van der Waals surface area contributed by atoms with Crippen molar-refractivity contribution in [2.24, 2.45) is 0 Å². The zero-order chi connectivity index (χ0) is 14.6. The number of benzene rings is 2. The van der Waals surface area contributed by atoms with Gasteiger partial charge >= 0.3 is 0 Å². The molecule has 0 aliphatic heterocycles. The topological polar surface area (TPSA) is 96.0 Å². The van der Waals surface area contributed by atoms with E-state index in [9.17, 15) is 8.42 Å². The Kier molecular flexibility index (Phi) is 3.91. The highest BCUT2D eigenvalue weighted by atomic mass is 32.2. The first kappa shape index (κ1) is 13.9. The molecule has 0 saturated heterocycles. The van der Waals surface area contributed by atoms with E-state index in [1.165, 1.54) is 0 Å². The molecule has 0 bridgehead atoms. The van der Waals surface area contributed by atoms with Gasteiger partial charge in [-0.1, -0.05) is 24.3 Å². The van der Waals surface area contributed by atoms with Crippen LogP contribution in [0, 0.1) is 11.3 Å². The maximum Gasteiger partial charge on any atom is 0.236 e. The molecule has 0 unspecified atom stereocenters. The lowest BCUT2D eigenvalue weighted by Gasteiger charge is -2.10. The Morgan fingerprint density at radius 3 is 2.35 bits per heavy atom. The molecule has 2 aromatic carbocycles. The number of hydrogen-bond donors (Lipinski definition) is 2. The number of rotatable bonds is 4. The highest BCUT2D eigenvalue weighted by Gasteiger charge is 2.13. The van der Waals surface area contributed by atoms with E-state index in [4.69, 9.17) is 11.0 Å². The molecule has 0 amide bonds. The van der Waals surface area contributed by atoms with Gasteiger partial charge in [-0.05, 0) is 29.8 Å². The molecule has 0 spiro atoms. The second kappa shape index (κ2) is 5.63. The third kappa shape index (κ3) is 3.49. The van der Waals surface area contributed by atoms with Crippen LogP contribution < -0.4 is 10.5 Å². The van der Waals surface area contributed by atoms with Gasteiger partial charge in [-0.15, -0.1) is 0 Å². The van der Waals surface area contributed by atoms with Gasteiger partial charge < -0.3 is 5.73 Å². The minimum absolute atomic E-state index is 0.174. The summed E-state index contributed by atoms with van der Waals surface area (Å²) in [6.45, 7) is 0. The summed E-state index contributed by atoms with van der Waals surface area (Å²) >= 11 is 0. The lowest BCUT2D eigenvalue weighted by Crippen LogP contribution is -2.16. The minimum atomic E-state index is -3.54. The number of sulfonamides is 1. The number of nitrogens with zero attached hydrogens (tertiary/aromatic N) is 1. The number of nitrogen functional groups attached to an aromatic ring is 1. The van der Waals surface area contributed by atoms with Crippen molar-refractivity contribution in [1.29, 1.82) is 5.26 Å². The predicted octanol–water partition coefficient (Wildman–Crippen LogP) is 2.08. The van der Waals surface area contributed by atoms with Gasteiger partial charge in [0.2, 0.25) is 10.0 Å². The maximum absolute atomic E-state index is 12.0. The van der Waals surface area contributed by atoms with Gasteiger partial charge in [-0.3, -0.25) is 4.72 Å². The molecule has 0 aliphatic carbocycles. The molecule has 5 nitrogen and oxygen atoms in total. The van der Waals surface area contributed by atoms with E-state index in [0.29, 0.717) is 22.5 Å². The van der Waals surface area contributed by atoms with Crippen LogP contribution in [-0.4, -0.2) is 8.42 Å². The van der Waals surface area contributed by atoms with Crippen molar-refractivity contribution in [3.05, 3.63) is 59.7 Å². The molecule has 102 valence electrons. The minimum Gasteiger partial charge on any atom is -0.397 e. The third-order valence-electron chi connectivity index (χ3n) is 2.67. The predicted molar refractivity (Wildman–Crippen MR) is 78.3 cm³/mol. The molecule has 2 aromatic rings. The second-order valence-corrected chi connectivity index (χ2v) is 5.98. The summed E-state index contributed by atoms with van der Waals surface area (Å²) in [5.41, 5.74) is 7.52. The molecule has 20 heavy (non-hydrogen) atoms. The normalized spacial score (nSPS) is 10.8. The largest absolute Gasteiger partial charge is 0.397 e. The number of para-hydroxylation sites is 2. The fourth-order valence-electron chi connectivity index (χ4n) is 1.69. The zero-order valence-corrected chi connectivity index (χ0v) is 11.4. The molecule has 0 saturated carbocycles. The van der Waals surface area contributed by atoms with E-state index in [0.717, 1.165) is 0 Å². The Morgan fingerprint density at radius 2 is 1.75 bits per heavy atom. The average molecular weight is 287 g/mol. The number of nitriles is 1. The second-order valence-electron chi connectivity index (χ2n) is 4.26. The smallest absolute Gasteiger partial charge is 0.236 e. The van der Waals surface area contributed by atoms with Crippen molar-refractivity contribution in [2.45, 2.75) is 5.75 Å². The number of hydrogen-bond acceptors (Lipinski definition) is 4. The van der Waals surface area contributed by atoms with E-state index in [2.05, 4.69) is 4.72 Å². The van der Waals surface area contributed by atoms with Crippen molar-refractivity contribution in [2.75, 3.05) is 10.5 Å². The van der Waals surface area contributed by atoms with Crippen molar-refractivity contribution in [1.82, 2.24) is 0 Å². The highest BCUT2D eigenvalue weighted by molar-refractivity contribution is 7.91. The monoisotopic (exact) mass is 287 g/mol. The molecular formula is C14H13N3O2S. The van der Waals surface area contributed by atoms with Crippen LogP contribution in [-0.2, 0) is 15.8 Å². The first-order valence-electron chi connectivity index (χ1n) is 5.84. The number of anilines is 2. The van der Waals surface area contributed by atoms with Crippen LogP contribution >= 0.6 is 0 Å². The maximum atomic E-state index is 12.0. The fourth-order valence-corrected chi connectivity index (χ4v) is 2.91. The lowest BCUT2D eigenvalue weighted by atomic mass is 10.2. The Hall–Kier alpha value is -2.52. The van der Waals surface area contributed by atoms with Crippen molar-refractivity contribution in [3.8, 4) is 6.07 Å². The molecule has 3 N–H and O–H groups in total. The van der Waals surface area contributed by atoms with E-state index in [1.54, 1.807) is 48.5 Å². The van der Waals surface area contributed by atoms with Crippen molar-refractivity contribution < 1.29 is 8.42 Å². The van der Waals surface area contributed by atoms with Gasteiger partial charge in [-0.2, -0.15) is 5.26 Å². The van der Waals surface area contributed by atoms with Gasteiger partial charge in [0.1, 0.15) is 0 Å². The van der Waals surface area contributed by atoms with E-state index in [1.807, 2.05) is 6.07 Å². The quantitative estimate of drug-likeness (QED) is 0.841. The first-order chi connectivity index (χ1) is 9.50. The van der Waals surface area contributed by atoms with Crippen molar-refractivity contribution >= 4 is 21.4 Å².